The van der Waals surface area contributed by atoms with Crippen LogP contribution in [0.25, 0.3) is 0 Å². The average molecular weight is 180 g/mol. The smallest absolute Gasteiger partial charge is 0.309 e. The first-order valence-electron chi connectivity index (χ1n) is 3.71. The van der Waals surface area contributed by atoms with Gasteiger partial charge in [0.15, 0.2) is 0 Å². The van der Waals surface area contributed by atoms with Crippen molar-refractivity contribution in [3.05, 3.63) is 0 Å². The van der Waals surface area contributed by atoms with Gasteiger partial charge in [-0.1, -0.05) is 0 Å². The van der Waals surface area contributed by atoms with Crippen LogP contribution in [0.15, 0.2) is 0 Å². The van der Waals surface area contributed by atoms with Gasteiger partial charge in [-0.3, -0.25) is 10.3 Å². The molecule has 0 bridgehead atoms. The topological polar surface area (TPSA) is 59.3 Å². The maximum absolute atomic E-state index is 11.4. The summed E-state index contributed by atoms with van der Waals surface area (Å²) in [5, 5.41) is 0. The Kier molecular flexibility index (Phi) is 5.78. The Morgan fingerprint density at radius 3 is 2.00 bits per heavy atom. The number of hydrogen-bond acceptors (Lipinski definition) is 3. The molecule has 1 N–H and O–H groups in total. The van der Waals surface area contributed by atoms with E-state index in [1.54, 1.807) is 13.8 Å². The van der Waals surface area contributed by atoms with Crippen molar-refractivity contribution in [2.45, 2.75) is 13.8 Å². The van der Waals surface area contributed by atoms with Crippen LogP contribution in [-0.2, 0) is 13.6 Å². The van der Waals surface area contributed by atoms with Gasteiger partial charge < -0.3 is 9.05 Å². The standard InChI is InChI=1S/C6H15NO3P/c1-3-9-11(8,6-5-7)10-4-2/h7H,3-6H2,1-2H3. The minimum Gasteiger partial charge on any atom is -0.309 e. The third-order valence-electron chi connectivity index (χ3n) is 1.04. The van der Waals surface area contributed by atoms with Crippen LogP contribution in [0.3, 0.4) is 0 Å². The fraction of sp³-hybridized carbons (Fsp3) is 1.00. The van der Waals surface area contributed by atoms with Crippen LogP contribution in [-0.4, -0.2) is 25.9 Å². The van der Waals surface area contributed by atoms with Gasteiger partial charge in [-0.25, -0.2) is 0 Å². The van der Waals surface area contributed by atoms with Crippen LogP contribution >= 0.6 is 7.60 Å². The molecule has 0 aliphatic heterocycles. The van der Waals surface area contributed by atoms with Crippen molar-refractivity contribution < 1.29 is 13.6 Å². The first-order valence-corrected chi connectivity index (χ1v) is 5.44. The van der Waals surface area contributed by atoms with E-state index in [1.807, 2.05) is 0 Å². The molecule has 0 aliphatic rings. The van der Waals surface area contributed by atoms with Gasteiger partial charge in [-0.15, -0.1) is 0 Å². The molecule has 0 unspecified atom stereocenters. The molecule has 5 heteroatoms. The Balaban J connectivity index is 3.91. The van der Waals surface area contributed by atoms with Crippen molar-refractivity contribution in [3.8, 4) is 0 Å². The van der Waals surface area contributed by atoms with E-state index in [4.69, 9.17) is 14.8 Å². The second-order valence-corrected chi connectivity index (χ2v) is 4.11. The fourth-order valence-corrected chi connectivity index (χ4v) is 2.09. The highest BCUT2D eigenvalue weighted by Gasteiger charge is 2.21. The normalized spacial score (nSPS) is 11.9. The van der Waals surface area contributed by atoms with Crippen molar-refractivity contribution in [1.82, 2.24) is 5.73 Å². The third-order valence-corrected chi connectivity index (χ3v) is 3.11. The first kappa shape index (κ1) is 11.1. The second-order valence-electron chi connectivity index (χ2n) is 1.92. The second kappa shape index (κ2) is 5.72. The van der Waals surface area contributed by atoms with Crippen LogP contribution in [0.5, 0.6) is 0 Å². The summed E-state index contributed by atoms with van der Waals surface area (Å²) < 4.78 is 21.3. The summed E-state index contributed by atoms with van der Waals surface area (Å²) in [4.78, 5) is 0. The zero-order valence-corrected chi connectivity index (χ0v) is 7.89. The van der Waals surface area contributed by atoms with Crippen LogP contribution in [0.4, 0.5) is 0 Å². The fourth-order valence-electron chi connectivity index (χ4n) is 0.697. The molecule has 0 spiro atoms. The first-order chi connectivity index (χ1) is 5.18. The van der Waals surface area contributed by atoms with E-state index in [1.165, 1.54) is 0 Å². The van der Waals surface area contributed by atoms with Crippen molar-refractivity contribution in [2.75, 3.05) is 25.9 Å². The van der Waals surface area contributed by atoms with Gasteiger partial charge in [0, 0.05) is 6.54 Å². The Morgan fingerprint density at radius 2 is 1.73 bits per heavy atom. The van der Waals surface area contributed by atoms with Crippen LogP contribution in [0, 0.1) is 0 Å². The SMILES string of the molecule is CCOP(=O)(CC[NH])OCC. The molecule has 67 valence electrons. The van der Waals surface area contributed by atoms with Gasteiger partial charge in [0.2, 0.25) is 0 Å². The molecule has 0 saturated heterocycles. The molecular formula is C6H15NO3P. The van der Waals surface area contributed by atoms with Crippen molar-refractivity contribution in [1.29, 1.82) is 0 Å². The number of rotatable bonds is 6. The molecule has 1 radical (unpaired) electrons. The molecule has 0 fully saturated rings. The van der Waals surface area contributed by atoms with Gasteiger partial charge in [0.25, 0.3) is 0 Å². The molecule has 0 atom stereocenters. The molecule has 0 aliphatic carbocycles. The Bertz CT molecular complexity index is 116. The summed E-state index contributed by atoms with van der Waals surface area (Å²) in [7, 11) is -2.91. The lowest BCUT2D eigenvalue weighted by Crippen LogP contribution is -2.03. The van der Waals surface area contributed by atoms with E-state index in [0.717, 1.165) is 0 Å². The largest absolute Gasteiger partial charge is 0.331 e. The van der Waals surface area contributed by atoms with E-state index >= 15 is 0 Å². The molecule has 0 rings (SSSR count). The molecule has 0 saturated carbocycles. The highest BCUT2D eigenvalue weighted by atomic mass is 31.2. The number of hydrogen-bond donors (Lipinski definition) is 0. The van der Waals surface area contributed by atoms with Crippen LogP contribution in [0.2, 0.25) is 0 Å². The van der Waals surface area contributed by atoms with Crippen molar-refractivity contribution in [2.24, 2.45) is 0 Å². The summed E-state index contributed by atoms with van der Waals surface area (Å²) in [5.41, 5.74) is 6.88. The molecular weight excluding hydrogens is 165 g/mol. The van der Waals surface area contributed by atoms with E-state index < -0.39 is 7.60 Å². The quantitative estimate of drug-likeness (QED) is 0.582. The molecule has 0 heterocycles. The summed E-state index contributed by atoms with van der Waals surface area (Å²) in [6.45, 7) is 4.34. The van der Waals surface area contributed by atoms with E-state index in [0.29, 0.717) is 13.2 Å². The molecule has 4 nitrogen and oxygen atoms in total. The van der Waals surface area contributed by atoms with Crippen molar-refractivity contribution in [3.63, 3.8) is 0 Å². The highest BCUT2D eigenvalue weighted by Crippen LogP contribution is 2.47. The summed E-state index contributed by atoms with van der Waals surface area (Å²) in [6, 6.07) is 0. The molecule has 0 amide bonds. The average Bonchev–Trinajstić information content (AvgIpc) is 1.88. The van der Waals surface area contributed by atoms with Gasteiger partial charge in [0.05, 0.1) is 19.4 Å². The summed E-state index contributed by atoms with van der Waals surface area (Å²) >= 11 is 0. The molecule has 0 aromatic heterocycles. The van der Waals surface area contributed by atoms with Gasteiger partial charge in [-0.05, 0) is 13.8 Å². The third kappa shape index (κ3) is 4.53. The molecule has 0 aromatic carbocycles. The summed E-state index contributed by atoms with van der Waals surface area (Å²) in [5.74, 6) is 0. The predicted octanol–water partition coefficient (Wildman–Crippen LogP) is 1.54. The maximum atomic E-state index is 11.4. The van der Waals surface area contributed by atoms with Crippen LogP contribution in [0.1, 0.15) is 13.8 Å². The Labute approximate surface area is 67.6 Å². The maximum Gasteiger partial charge on any atom is 0.331 e. The van der Waals surface area contributed by atoms with Gasteiger partial charge in [0.1, 0.15) is 0 Å². The van der Waals surface area contributed by atoms with Gasteiger partial charge in [-0.2, -0.15) is 0 Å². The van der Waals surface area contributed by atoms with Crippen LogP contribution < -0.4 is 5.73 Å². The summed E-state index contributed by atoms with van der Waals surface area (Å²) in [6.07, 6.45) is 0.189. The van der Waals surface area contributed by atoms with E-state index in [2.05, 4.69) is 0 Å². The predicted molar refractivity (Wildman–Crippen MR) is 43.7 cm³/mol. The van der Waals surface area contributed by atoms with E-state index in [-0.39, 0.29) is 12.7 Å². The lowest BCUT2D eigenvalue weighted by molar-refractivity contribution is 0.220. The molecule has 11 heavy (non-hydrogen) atoms. The minimum atomic E-state index is -2.91. The number of nitrogens with one attached hydrogen (secondary N) is 1. The molecule has 0 aromatic rings. The monoisotopic (exact) mass is 180 g/mol. The Morgan fingerprint density at radius 1 is 1.27 bits per heavy atom. The van der Waals surface area contributed by atoms with E-state index in [9.17, 15) is 4.57 Å². The van der Waals surface area contributed by atoms with Gasteiger partial charge >= 0.3 is 7.60 Å². The van der Waals surface area contributed by atoms with Crippen molar-refractivity contribution >= 4 is 7.60 Å². The Hall–Kier alpha value is 0.110. The highest BCUT2D eigenvalue weighted by molar-refractivity contribution is 7.53. The minimum absolute atomic E-state index is 0.0806. The zero-order chi connectivity index (χ0) is 8.74. The lowest BCUT2D eigenvalue weighted by atomic mass is 10.8. The zero-order valence-electron chi connectivity index (χ0n) is 7.00. The lowest BCUT2D eigenvalue weighted by Gasteiger charge is -2.15.